The van der Waals surface area contributed by atoms with Gasteiger partial charge in [0.15, 0.2) is 0 Å². The lowest BCUT2D eigenvalue weighted by atomic mass is 9.93. The van der Waals surface area contributed by atoms with E-state index in [1.807, 2.05) is 36.4 Å². The normalized spacial score (nSPS) is 26.1. The van der Waals surface area contributed by atoms with Crippen LogP contribution < -0.4 is 4.90 Å². The van der Waals surface area contributed by atoms with Gasteiger partial charge < -0.3 is 5.11 Å². The van der Waals surface area contributed by atoms with E-state index in [1.165, 1.54) is 4.90 Å². The molecule has 2 aliphatic rings. The van der Waals surface area contributed by atoms with Gasteiger partial charge in [-0.2, -0.15) is 5.26 Å². The van der Waals surface area contributed by atoms with E-state index in [0.717, 1.165) is 5.56 Å². The maximum absolute atomic E-state index is 13.0. The lowest BCUT2D eigenvalue weighted by Crippen LogP contribution is -2.42. The van der Waals surface area contributed by atoms with Gasteiger partial charge in [-0.3, -0.25) is 14.5 Å². The van der Waals surface area contributed by atoms with E-state index in [4.69, 9.17) is 0 Å². The summed E-state index contributed by atoms with van der Waals surface area (Å²) in [4.78, 5) is 29.0. The molecule has 2 heterocycles. The SMILES string of the molecule is N#C[C@@H]1[C@@H]2C(=O)N(c3ccccc3)C(=O)[C@@H]2CN1[C@@H](CO)c1ccccc1. The molecule has 0 aromatic heterocycles. The van der Waals surface area contributed by atoms with Gasteiger partial charge in [0.25, 0.3) is 0 Å². The number of nitriles is 1. The number of carbonyl (C=O) groups is 2. The fourth-order valence-electron chi connectivity index (χ4n) is 4.23. The molecule has 1 N–H and O–H groups in total. The van der Waals surface area contributed by atoms with Crippen molar-refractivity contribution in [2.75, 3.05) is 18.1 Å². The molecule has 2 amide bonds. The van der Waals surface area contributed by atoms with Crippen molar-refractivity contribution in [1.29, 1.82) is 5.26 Å². The fraction of sp³-hybridized carbons (Fsp3) is 0.286. The Balaban J connectivity index is 1.66. The molecule has 0 saturated carbocycles. The number of imide groups is 1. The zero-order chi connectivity index (χ0) is 19.0. The van der Waals surface area contributed by atoms with Crippen molar-refractivity contribution in [2.24, 2.45) is 11.8 Å². The average Bonchev–Trinajstić information content (AvgIpc) is 3.20. The first kappa shape index (κ1) is 17.4. The molecule has 0 unspecified atom stereocenters. The largest absolute Gasteiger partial charge is 0.394 e. The van der Waals surface area contributed by atoms with Crippen LogP contribution in [0.3, 0.4) is 0 Å². The third-order valence-corrected chi connectivity index (χ3v) is 5.49. The van der Waals surface area contributed by atoms with Crippen LogP contribution in [0.1, 0.15) is 11.6 Å². The Morgan fingerprint density at radius 1 is 1.04 bits per heavy atom. The first-order valence-electron chi connectivity index (χ1n) is 8.91. The Labute approximate surface area is 157 Å². The molecule has 0 spiro atoms. The molecule has 4 rings (SSSR count). The Bertz CT molecular complexity index is 894. The summed E-state index contributed by atoms with van der Waals surface area (Å²) in [6.07, 6.45) is 0. The summed E-state index contributed by atoms with van der Waals surface area (Å²) in [5.41, 5.74) is 1.40. The number of benzene rings is 2. The van der Waals surface area contributed by atoms with Gasteiger partial charge in [0.1, 0.15) is 6.04 Å². The number of anilines is 1. The van der Waals surface area contributed by atoms with Crippen molar-refractivity contribution in [3.05, 3.63) is 66.2 Å². The molecule has 4 atom stereocenters. The van der Waals surface area contributed by atoms with Gasteiger partial charge in [0.2, 0.25) is 11.8 Å². The van der Waals surface area contributed by atoms with Crippen LogP contribution in [0.25, 0.3) is 0 Å². The number of hydrogen-bond donors (Lipinski definition) is 1. The molecule has 6 nitrogen and oxygen atoms in total. The summed E-state index contributed by atoms with van der Waals surface area (Å²) < 4.78 is 0. The number of nitrogens with zero attached hydrogens (tertiary/aromatic N) is 3. The number of amides is 2. The average molecular weight is 361 g/mol. The first-order chi connectivity index (χ1) is 13.2. The van der Waals surface area contributed by atoms with E-state index >= 15 is 0 Å². The van der Waals surface area contributed by atoms with Crippen molar-refractivity contribution >= 4 is 17.5 Å². The van der Waals surface area contributed by atoms with Crippen LogP contribution in [0.15, 0.2) is 60.7 Å². The summed E-state index contributed by atoms with van der Waals surface area (Å²) in [5, 5.41) is 19.7. The van der Waals surface area contributed by atoms with Crippen LogP contribution in [0, 0.1) is 23.2 Å². The van der Waals surface area contributed by atoms with Crippen molar-refractivity contribution in [3.63, 3.8) is 0 Å². The zero-order valence-corrected chi connectivity index (χ0v) is 14.6. The number of rotatable bonds is 4. The van der Waals surface area contributed by atoms with Crippen LogP contribution in [-0.4, -0.2) is 41.0 Å². The second-order valence-electron chi connectivity index (χ2n) is 6.86. The molecule has 0 aliphatic carbocycles. The van der Waals surface area contributed by atoms with Crippen LogP contribution >= 0.6 is 0 Å². The van der Waals surface area contributed by atoms with Crippen LogP contribution in [0.4, 0.5) is 5.69 Å². The maximum atomic E-state index is 13.0. The molecule has 2 fully saturated rings. The number of likely N-dealkylation sites (tertiary alicyclic amines) is 1. The van der Waals surface area contributed by atoms with Gasteiger partial charge in [-0.05, 0) is 17.7 Å². The third-order valence-electron chi connectivity index (χ3n) is 5.49. The van der Waals surface area contributed by atoms with Gasteiger partial charge in [-0.25, -0.2) is 4.90 Å². The Morgan fingerprint density at radius 2 is 1.67 bits per heavy atom. The summed E-state index contributed by atoms with van der Waals surface area (Å²) in [6, 6.07) is 19.2. The molecule has 2 aliphatic heterocycles. The van der Waals surface area contributed by atoms with Gasteiger partial charge >= 0.3 is 0 Å². The van der Waals surface area contributed by atoms with Crippen molar-refractivity contribution < 1.29 is 14.7 Å². The van der Waals surface area contributed by atoms with Crippen molar-refractivity contribution in [1.82, 2.24) is 4.90 Å². The quantitative estimate of drug-likeness (QED) is 0.839. The number of para-hydroxylation sites is 1. The number of aliphatic hydroxyl groups is 1. The third kappa shape index (κ3) is 2.72. The molecule has 2 saturated heterocycles. The van der Waals surface area contributed by atoms with Crippen LogP contribution in [-0.2, 0) is 9.59 Å². The number of fused-ring (bicyclic) bond motifs is 1. The van der Waals surface area contributed by atoms with E-state index in [1.54, 1.807) is 29.2 Å². The fourth-order valence-corrected chi connectivity index (χ4v) is 4.23. The van der Waals surface area contributed by atoms with Crippen molar-refractivity contribution in [2.45, 2.75) is 12.1 Å². The number of aliphatic hydroxyl groups excluding tert-OH is 1. The Hall–Kier alpha value is -3.01. The van der Waals surface area contributed by atoms with E-state index in [-0.39, 0.29) is 25.0 Å². The summed E-state index contributed by atoms with van der Waals surface area (Å²) in [5.74, 6) is -1.89. The molecule has 0 bridgehead atoms. The predicted molar refractivity (Wildman–Crippen MR) is 98.3 cm³/mol. The smallest absolute Gasteiger partial charge is 0.240 e. The number of carbonyl (C=O) groups excluding carboxylic acids is 2. The van der Waals surface area contributed by atoms with E-state index < -0.39 is 23.9 Å². The van der Waals surface area contributed by atoms with Gasteiger partial charge in [0.05, 0.1) is 36.2 Å². The highest BCUT2D eigenvalue weighted by Gasteiger charge is 2.59. The highest BCUT2D eigenvalue weighted by Crippen LogP contribution is 2.43. The highest BCUT2D eigenvalue weighted by molar-refractivity contribution is 6.22. The molecular formula is C21H19N3O3. The molecule has 27 heavy (non-hydrogen) atoms. The second-order valence-corrected chi connectivity index (χ2v) is 6.86. The molecule has 2 aromatic rings. The van der Waals surface area contributed by atoms with Gasteiger partial charge in [0, 0.05) is 6.54 Å². The minimum Gasteiger partial charge on any atom is -0.394 e. The lowest BCUT2D eigenvalue weighted by molar-refractivity contribution is -0.123. The lowest BCUT2D eigenvalue weighted by Gasteiger charge is -2.31. The standard InChI is InChI=1S/C21H19N3O3/c22-11-17-19-16(12-23(17)18(13-25)14-7-3-1-4-8-14)20(26)24(21(19)27)15-9-5-2-6-10-15/h1-10,16-19,25H,12-13H2/t16-,17-,18+,19-/m1/s1. The summed E-state index contributed by atoms with van der Waals surface area (Å²) >= 11 is 0. The zero-order valence-electron chi connectivity index (χ0n) is 14.6. The van der Waals surface area contributed by atoms with Gasteiger partial charge in [-0.15, -0.1) is 0 Å². The minimum absolute atomic E-state index is 0.188. The predicted octanol–water partition coefficient (Wildman–Crippen LogP) is 1.73. The van der Waals surface area contributed by atoms with E-state index in [9.17, 15) is 20.0 Å². The second kappa shape index (κ2) is 6.95. The molecule has 0 radical (unpaired) electrons. The first-order valence-corrected chi connectivity index (χ1v) is 8.91. The number of hydrogen-bond acceptors (Lipinski definition) is 5. The van der Waals surface area contributed by atoms with Crippen molar-refractivity contribution in [3.8, 4) is 6.07 Å². The molecule has 2 aromatic carbocycles. The summed E-state index contributed by atoms with van der Waals surface area (Å²) in [7, 11) is 0. The molecular weight excluding hydrogens is 342 g/mol. The van der Waals surface area contributed by atoms with Crippen LogP contribution in [0.5, 0.6) is 0 Å². The highest BCUT2D eigenvalue weighted by atomic mass is 16.3. The van der Waals surface area contributed by atoms with Crippen LogP contribution in [0.2, 0.25) is 0 Å². The monoisotopic (exact) mass is 361 g/mol. The minimum atomic E-state index is -0.752. The van der Waals surface area contributed by atoms with E-state index in [2.05, 4.69) is 6.07 Å². The maximum Gasteiger partial charge on any atom is 0.240 e. The molecule has 136 valence electrons. The van der Waals surface area contributed by atoms with Gasteiger partial charge in [-0.1, -0.05) is 48.5 Å². The Kier molecular flexibility index (Phi) is 4.48. The topological polar surface area (TPSA) is 84.6 Å². The summed E-state index contributed by atoms with van der Waals surface area (Å²) in [6.45, 7) is 0.0866. The van der Waals surface area contributed by atoms with E-state index in [0.29, 0.717) is 5.69 Å². The molecule has 6 heteroatoms. The Morgan fingerprint density at radius 3 is 2.26 bits per heavy atom.